The van der Waals surface area contributed by atoms with Gasteiger partial charge in [0.15, 0.2) is 0 Å². The number of thiophene rings is 1. The van der Waals surface area contributed by atoms with Crippen LogP contribution in [0.5, 0.6) is 0 Å². The summed E-state index contributed by atoms with van der Waals surface area (Å²) in [5, 5.41) is 6.23. The van der Waals surface area contributed by atoms with Crippen molar-refractivity contribution < 1.29 is 9.53 Å². The van der Waals surface area contributed by atoms with Gasteiger partial charge in [0.1, 0.15) is 0 Å². The third-order valence-corrected chi connectivity index (χ3v) is 6.54. The van der Waals surface area contributed by atoms with Crippen LogP contribution in [0, 0.1) is 18.3 Å². The van der Waals surface area contributed by atoms with Gasteiger partial charge in [0.05, 0.1) is 12.6 Å². The molecule has 1 aliphatic heterocycles. The zero-order valence-electron chi connectivity index (χ0n) is 12.4. The van der Waals surface area contributed by atoms with Crippen LogP contribution in [0.15, 0.2) is 12.1 Å². The number of fused-ring (bicyclic) bond motifs is 2. The van der Waals surface area contributed by atoms with Crippen molar-refractivity contribution in [1.82, 2.24) is 10.6 Å². The van der Waals surface area contributed by atoms with Crippen molar-refractivity contribution in [3.05, 3.63) is 21.9 Å². The molecular formula is C16H22N2O2S. The molecule has 5 heteroatoms. The van der Waals surface area contributed by atoms with Gasteiger partial charge in [0.25, 0.3) is 0 Å². The molecule has 2 aliphatic carbocycles. The average Bonchev–Trinajstić information content (AvgIpc) is 3.00. The molecule has 114 valence electrons. The lowest BCUT2D eigenvalue weighted by Gasteiger charge is -2.63. The molecule has 1 aromatic rings. The third kappa shape index (κ3) is 2.09. The van der Waals surface area contributed by atoms with E-state index in [1.165, 1.54) is 29.0 Å². The van der Waals surface area contributed by atoms with Crippen molar-refractivity contribution in [2.45, 2.75) is 51.3 Å². The number of rotatable bonds is 3. The Kier molecular flexibility index (Phi) is 3.23. The molecule has 3 fully saturated rings. The second-order valence-electron chi connectivity index (χ2n) is 6.65. The summed E-state index contributed by atoms with van der Waals surface area (Å²) in [4.78, 5) is 14.7. The van der Waals surface area contributed by atoms with Gasteiger partial charge in [-0.15, -0.1) is 11.3 Å². The first kappa shape index (κ1) is 13.6. The highest BCUT2D eigenvalue weighted by Gasteiger charge is 2.66. The summed E-state index contributed by atoms with van der Waals surface area (Å²) < 4.78 is 5.88. The van der Waals surface area contributed by atoms with E-state index in [0.717, 1.165) is 13.0 Å². The Morgan fingerprint density at radius 3 is 3.00 bits per heavy atom. The molecule has 1 aromatic heterocycles. The predicted octanol–water partition coefficient (Wildman–Crippen LogP) is 2.81. The zero-order chi connectivity index (χ0) is 14.4. The Bertz CT molecular complexity index is 552. The Morgan fingerprint density at radius 2 is 2.33 bits per heavy atom. The van der Waals surface area contributed by atoms with Gasteiger partial charge in [-0.05, 0) is 38.3 Å². The van der Waals surface area contributed by atoms with Crippen molar-refractivity contribution >= 4 is 17.4 Å². The Balaban J connectivity index is 1.34. The maximum atomic E-state index is 12.2. The van der Waals surface area contributed by atoms with Gasteiger partial charge in [-0.2, -0.15) is 0 Å². The first-order valence-corrected chi connectivity index (χ1v) is 8.72. The molecule has 4 nitrogen and oxygen atoms in total. The van der Waals surface area contributed by atoms with E-state index in [-0.39, 0.29) is 11.4 Å². The van der Waals surface area contributed by atoms with E-state index >= 15 is 0 Å². The number of carbonyl (C=O) groups is 1. The Hall–Kier alpha value is -1.07. The number of ether oxygens (including phenoxy) is 1. The molecule has 1 spiro atoms. The minimum Gasteiger partial charge on any atom is -0.377 e. The third-order valence-electron chi connectivity index (χ3n) is 5.54. The number of nitrogens with one attached hydrogen (secondary N) is 2. The Labute approximate surface area is 129 Å². The van der Waals surface area contributed by atoms with Gasteiger partial charge in [-0.1, -0.05) is 6.42 Å². The van der Waals surface area contributed by atoms with Crippen LogP contribution in [-0.2, 0) is 11.3 Å². The van der Waals surface area contributed by atoms with E-state index in [4.69, 9.17) is 4.74 Å². The van der Waals surface area contributed by atoms with Gasteiger partial charge in [-0.3, -0.25) is 0 Å². The number of aryl methyl sites for hydroxylation is 1. The summed E-state index contributed by atoms with van der Waals surface area (Å²) in [6, 6.07) is 4.47. The van der Waals surface area contributed by atoms with Crippen molar-refractivity contribution in [3.8, 4) is 0 Å². The van der Waals surface area contributed by atoms with Gasteiger partial charge in [0, 0.05) is 33.7 Å². The molecule has 1 saturated heterocycles. The number of urea groups is 1. The molecule has 0 radical (unpaired) electrons. The van der Waals surface area contributed by atoms with E-state index in [1.54, 1.807) is 11.3 Å². The van der Waals surface area contributed by atoms with Gasteiger partial charge >= 0.3 is 6.03 Å². The maximum Gasteiger partial charge on any atom is 0.315 e. The highest BCUT2D eigenvalue weighted by Crippen LogP contribution is 2.62. The van der Waals surface area contributed by atoms with Crippen LogP contribution in [0.25, 0.3) is 0 Å². The van der Waals surface area contributed by atoms with Crippen molar-refractivity contribution in [1.29, 1.82) is 0 Å². The summed E-state index contributed by atoms with van der Waals surface area (Å²) >= 11 is 1.74. The zero-order valence-corrected chi connectivity index (χ0v) is 13.2. The molecular weight excluding hydrogens is 284 g/mol. The number of hydrogen-bond acceptors (Lipinski definition) is 3. The fourth-order valence-electron chi connectivity index (χ4n) is 4.40. The largest absolute Gasteiger partial charge is 0.377 e. The summed E-state index contributed by atoms with van der Waals surface area (Å²) in [6.45, 7) is 3.57. The second-order valence-corrected chi connectivity index (χ2v) is 8.02. The summed E-state index contributed by atoms with van der Waals surface area (Å²) in [7, 11) is 0. The standard InChI is InChI=1S/C16H22N2O2S/c1-10-3-4-11(21-10)9-17-15(19)18-13-12-5-8-20-14(12)16(13)6-2-7-16/h3-4,12-14H,2,5-9H2,1H3,(H2,17,18,19)/t12-,13+,14+/m0/s1. The molecule has 2 heterocycles. The van der Waals surface area contributed by atoms with E-state index in [2.05, 4.69) is 29.7 Å². The molecule has 4 rings (SSSR count). The lowest BCUT2D eigenvalue weighted by molar-refractivity contribution is -0.172. The van der Waals surface area contributed by atoms with Crippen molar-refractivity contribution in [2.24, 2.45) is 11.3 Å². The monoisotopic (exact) mass is 306 g/mol. The summed E-state index contributed by atoms with van der Waals surface area (Å²) in [6.07, 6.45) is 5.21. The highest BCUT2D eigenvalue weighted by atomic mass is 32.1. The SMILES string of the molecule is Cc1ccc(CNC(=O)N[C@@H]2[C@@H]3CCO[C@H]3C23CCC3)s1. The summed E-state index contributed by atoms with van der Waals surface area (Å²) in [5.74, 6) is 0.542. The minimum atomic E-state index is -0.0253. The van der Waals surface area contributed by atoms with E-state index in [9.17, 15) is 4.79 Å². The van der Waals surface area contributed by atoms with E-state index < -0.39 is 0 Å². The van der Waals surface area contributed by atoms with Crippen LogP contribution in [0.3, 0.4) is 0 Å². The van der Waals surface area contributed by atoms with Gasteiger partial charge < -0.3 is 15.4 Å². The lowest BCUT2D eigenvalue weighted by atomic mass is 9.46. The predicted molar refractivity (Wildman–Crippen MR) is 82.3 cm³/mol. The molecule has 2 amide bonds. The maximum absolute atomic E-state index is 12.2. The number of carbonyl (C=O) groups excluding carboxylic acids is 1. The van der Waals surface area contributed by atoms with Crippen LogP contribution < -0.4 is 10.6 Å². The molecule has 2 N–H and O–H groups in total. The molecule has 0 unspecified atom stereocenters. The van der Waals surface area contributed by atoms with Crippen LogP contribution in [0.4, 0.5) is 4.79 Å². The van der Waals surface area contributed by atoms with Crippen LogP contribution in [0.2, 0.25) is 0 Å². The molecule has 3 atom stereocenters. The van der Waals surface area contributed by atoms with E-state index in [1.807, 2.05) is 0 Å². The van der Waals surface area contributed by atoms with Gasteiger partial charge in [-0.25, -0.2) is 4.79 Å². The fraction of sp³-hybridized carbons (Fsp3) is 0.688. The highest BCUT2D eigenvalue weighted by molar-refractivity contribution is 7.11. The van der Waals surface area contributed by atoms with Gasteiger partial charge in [0.2, 0.25) is 0 Å². The minimum absolute atomic E-state index is 0.0253. The van der Waals surface area contributed by atoms with Crippen molar-refractivity contribution in [2.75, 3.05) is 6.61 Å². The Morgan fingerprint density at radius 1 is 1.48 bits per heavy atom. The molecule has 0 bridgehead atoms. The lowest BCUT2D eigenvalue weighted by Crippen LogP contribution is -2.72. The quantitative estimate of drug-likeness (QED) is 0.902. The van der Waals surface area contributed by atoms with Crippen LogP contribution in [-0.4, -0.2) is 24.8 Å². The average molecular weight is 306 g/mol. The number of hydrogen-bond donors (Lipinski definition) is 2. The van der Waals surface area contributed by atoms with Crippen molar-refractivity contribution in [3.63, 3.8) is 0 Å². The molecule has 3 aliphatic rings. The van der Waals surface area contributed by atoms with Crippen LogP contribution >= 0.6 is 11.3 Å². The fourth-order valence-corrected chi connectivity index (χ4v) is 5.23. The summed E-state index contributed by atoms with van der Waals surface area (Å²) in [5.41, 5.74) is 0.262. The van der Waals surface area contributed by atoms with E-state index in [0.29, 0.717) is 24.6 Å². The second kappa shape index (κ2) is 4.99. The molecule has 2 saturated carbocycles. The topological polar surface area (TPSA) is 50.4 Å². The first-order chi connectivity index (χ1) is 10.2. The normalized spacial score (nSPS) is 32.1. The molecule has 0 aromatic carbocycles. The molecule has 21 heavy (non-hydrogen) atoms. The number of amides is 2. The van der Waals surface area contributed by atoms with Crippen LogP contribution in [0.1, 0.15) is 35.4 Å². The smallest absolute Gasteiger partial charge is 0.315 e. The first-order valence-electron chi connectivity index (χ1n) is 7.90.